The van der Waals surface area contributed by atoms with E-state index < -0.39 is 12.0 Å². The molecule has 0 saturated carbocycles. The predicted octanol–water partition coefficient (Wildman–Crippen LogP) is 2.34. The maximum atomic E-state index is 11.7. The number of carboxylic acid groups (broad SMARTS) is 1. The van der Waals surface area contributed by atoms with E-state index >= 15 is 0 Å². The third kappa shape index (κ3) is 4.70. The highest BCUT2D eigenvalue weighted by Crippen LogP contribution is 2.24. The third-order valence-corrected chi connectivity index (χ3v) is 3.35. The number of hydrogen-bond donors (Lipinski definition) is 2. The van der Waals surface area contributed by atoms with Crippen LogP contribution in [0.1, 0.15) is 6.92 Å². The van der Waals surface area contributed by atoms with Gasteiger partial charge < -0.3 is 10.4 Å². The maximum Gasteiger partial charge on any atom is 0.320 e. The van der Waals surface area contributed by atoms with Crippen molar-refractivity contribution in [1.82, 2.24) is 4.90 Å². The second kappa shape index (κ2) is 6.75. The van der Waals surface area contributed by atoms with E-state index in [1.54, 1.807) is 19.2 Å². The van der Waals surface area contributed by atoms with Crippen LogP contribution < -0.4 is 5.32 Å². The van der Waals surface area contributed by atoms with Gasteiger partial charge in [0.15, 0.2) is 0 Å². The second-order valence-corrected chi connectivity index (χ2v) is 4.92. The van der Waals surface area contributed by atoms with E-state index in [-0.39, 0.29) is 12.5 Å². The van der Waals surface area contributed by atoms with Crippen LogP contribution in [-0.4, -0.2) is 41.5 Å². The first-order chi connectivity index (χ1) is 8.81. The predicted molar refractivity (Wildman–Crippen MR) is 74.8 cm³/mol. The Balaban J connectivity index is 2.60. The lowest BCUT2D eigenvalue weighted by Gasteiger charge is -2.20. The zero-order chi connectivity index (χ0) is 14.6. The fraction of sp³-hybridized carbons (Fsp3) is 0.333. The monoisotopic (exact) mass is 304 g/mol. The minimum atomic E-state index is -0.982. The highest BCUT2D eigenvalue weighted by atomic mass is 35.5. The molecule has 1 aromatic carbocycles. The second-order valence-electron chi connectivity index (χ2n) is 4.11. The van der Waals surface area contributed by atoms with Crippen molar-refractivity contribution >= 4 is 40.8 Å². The molecule has 0 aliphatic rings. The van der Waals surface area contributed by atoms with Gasteiger partial charge in [-0.3, -0.25) is 14.5 Å². The normalized spacial score (nSPS) is 12.3. The topological polar surface area (TPSA) is 69.6 Å². The Morgan fingerprint density at radius 1 is 1.37 bits per heavy atom. The molecule has 1 aromatic rings. The van der Waals surface area contributed by atoms with Crippen molar-refractivity contribution in [3.8, 4) is 0 Å². The Hall–Kier alpha value is -1.30. The van der Waals surface area contributed by atoms with Crippen molar-refractivity contribution in [1.29, 1.82) is 0 Å². The molecule has 0 heterocycles. The van der Waals surface area contributed by atoms with Crippen LogP contribution in [0.15, 0.2) is 18.2 Å². The van der Waals surface area contributed by atoms with Gasteiger partial charge in [0, 0.05) is 5.69 Å². The lowest BCUT2D eigenvalue weighted by atomic mass is 10.3. The van der Waals surface area contributed by atoms with Crippen LogP contribution >= 0.6 is 23.2 Å². The zero-order valence-electron chi connectivity index (χ0n) is 10.5. The first kappa shape index (κ1) is 15.8. The smallest absolute Gasteiger partial charge is 0.320 e. The first-order valence-corrected chi connectivity index (χ1v) is 6.25. The molecule has 0 aliphatic heterocycles. The molecule has 1 atom stereocenters. The van der Waals surface area contributed by atoms with Gasteiger partial charge in [-0.1, -0.05) is 23.2 Å². The summed E-state index contributed by atoms with van der Waals surface area (Å²) in [6.07, 6.45) is 0. The summed E-state index contributed by atoms with van der Waals surface area (Å²) in [4.78, 5) is 23.9. The average Bonchev–Trinajstić information content (AvgIpc) is 2.32. The molecule has 0 aromatic heterocycles. The van der Waals surface area contributed by atoms with E-state index in [9.17, 15) is 9.59 Å². The highest BCUT2D eigenvalue weighted by Gasteiger charge is 2.19. The van der Waals surface area contributed by atoms with Crippen molar-refractivity contribution in [2.45, 2.75) is 13.0 Å². The fourth-order valence-corrected chi connectivity index (χ4v) is 1.62. The number of carbonyl (C=O) groups excluding carboxylic acids is 1. The number of nitrogens with zero attached hydrogens (tertiary/aromatic N) is 1. The van der Waals surface area contributed by atoms with E-state index in [1.165, 1.54) is 17.9 Å². The Labute approximate surface area is 121 Å². The summed E-state index contributed by atoms with van der Waals surface area (Å²) in [5.74, 6) is -1.31. The number of anilines is 1. The number of rotatable bonds is 5. The molecule has 0 spiro atoms. The largest absolute Gasteiger partial charge is 0.480 e. The standard InChI is InChI=1S/C12H14Cl2N2O3/c1-7(12(18)19)16(2)6-11(17)15-8-3-4-9(13)10(14)5-8/h3-5,7H,6H2,1-2H3,(H,15,17)(H,18,19)/t7-/m1/s1. The maximum absolute atomic E-state index is 11.7. The molecule has 19 heavy (non-hydrogen) atoms. The number of carboxylic acids is 1. The van der Waals surface area contributed by atoms with E-state index in [4.69, 9.17) is 28.3 Å². The molecule has 0 aliphatic carbocycles. The number of likely N-dealkylation sites (N-methyl/N-ethyl adjacent to an activating group) is 1. The molecule has 0 radical (unpaired) electrons. The summed E-state index contributed by atoms with van der Waals surface area (Å²) in [5.41, 5.74) is 0.510. The average molecular weight is 305 g/mol. The number of halogens is 2. The quantitative estimate of drug-likeness (QED) is 0.876. The van der Waals surface area contributed by atoms with Crippen molar-refractivity contribution in [2.75, 3.05) is 18.9 Å². The molecule has 0 fully saturated rings. The van der Waals surface area contributed by atoms with Crippen molar-refractivity contribution in [2.24, 2.45) is 0 Å². The first-order valence-electron chi connectivity index (χ1n) is 5.49. The number of benzene rings is 1. The summed E-state index contributed by atoms with van der Waals surface area (Å²) in [7, 11) is 1.56. The van der Waals surface area contributed by atoms with Gasteiger partial charge in [0.2, 0.25) is 5.91 Å². The summed E-state index contributed by atoms with van der Waals surface area (Å²) in [5, 5.41) is 12.2. The van der Waals surface area contributed by atoms with Crippen LogP contribution in [0, 0.1) is 0 Å². The molecule has 5 nitrogen and oxygen atoms in total. The lowest BCUT2D eigenvalue weighted by molar-refractivity contribution is -0.142. The number of carbonyl (C=O) groups is 2. The molecule has 0 bridgehead atoms. The molecule has 0 saturated heterocycles. The van der Waals surface area contributed by atoms with Gasteiger partial charge in [0.1, 0.15) is 6.04 Å². The SMILES string of the molecule is C[C@H](C(=O)O)N(C)CC(=O)Nc1ccc(Cl)c(Cl)c1. The van der Waals surface area contributed by atoms with Crippen LogP contribution in [0.5, 0.6) is 0 Å². The van der Waals surface area contributed by atoms with Gasteiger partial charge >= 0.3 is 5.97 Å². The van der Waals surface area contributed by atoms with Crippen LogP contribution in [0.2, 0.25) is 10.0 Å². The molecular weight excluding hydrogens is 291 g/mol. The zero-order valence-corrected chi connectivity index (χ0v) is 12.0. The summed E-state index contributed by atoms with van der Waals surface area (Å²) >= 11 is 11.6. The number of nitrogens with one attached hydrogen (secondary N) is 1. The summed E-state index contributed by atoms with van der Waals surface area (Å²) in [6, 6.07) is 3.98. The van der Waals surface area contributed by atoms with Gasteiger partial charge in [-0.25, -0.2) is 0 Å². The lowest BCUT2D eigenvalue weighted by Crippen LogP contribution is -2.40. The molecule has 0 unspecified atom stereocenters. The number of amides is 1. The summed E-state index contributed by atoms with van der Waals surface area (Å²) < 4.78 is 0. The number of hydrogen-bond acceptors (Lipinski definition) is 3. The molecule has 1 rings (SSSR count). The van der Waals surface area contributed by atoms with Crippen LogP contribution in [0.3, 0.4) is 0 Å². The molecule has 7 heteroatoms. The Morgan fingerprint density at radius 2 is 2.00 bits per heavy atom. The van der Waals surface area contributed by atoms with E-state index in [1.807, 2.05) is 0 Å². The van der Waals surface area contributed by atoms with Gasteiger partial charge in [-0.15, -0.1) is 0 Å². The fourth-order valence-electron chi connectivity index (χ4n) is 1.33. The third-order valence-electron chi connectivity index (χ3n) is 2.61. The van der Waals surface area contributed by atoms with Crippen molar-refractivity contribution in [3.05, 3.63) is 28.2 Å². The number of aliphatic carboxylic acids is 1. The van der Waals surface area contributed by atoms with Crippen molar-refractivity contribution in [3.63, 3.8) is 0 Å². The molecular formula is C12H14Cl2N2O3. The highest BCUT2D eigenvalue weighted by molar-refractivity contribution is 6.42. The Bertz CT molecular complexity index is 494. The molecule has 2 N–H and O–H groups in total. The van der Waals surface area contributed by atoms with Gasteiger partial charge in [0.25, 0.3) is 0 Å². The summed E-state index contributed by atoms with van der Waals surface area (Å²) in [6.45, 7) is 1.47. The van der Waals surface area contributed by atoms with Crippen LogP contribution in [-0.2, 0) is 9.59 Å². The van der Waals surface area contributed by atoms with E-state index in [2.05, 4.69) is 5.32 Å². The van der Waals surface area contributed by atoms with Gasteiger partial charge in [-0.2, -0.15) is 0 Å². The van der Waals surface area contributed by atoms with Gasteiger partial charge in [-0.05, 0) is 32.2 Å². The van der Waals surface area contributed by atoms with Crippen LogP contribution in [0.4, 0.5) is 5.69 Å². The molecule has 1 amide bonds. The van der Waals surface area contributed by atoms with E-state index in [0.29, 0.717) is 15.7 Å². The van der Waals surface area contributed by atoms with Crippen molar-refractivity contribution < 1.29 is 14.7 Å². The molecule has 104 valence electrons. The Morgan fingerprint density at radius 3 is 2.53 bits per heavy atom. The van der Waals surface area contributed by atoms with Crippen LogP contribution in [0.25, 0.3) is 0 Å². The van der Waals surface area contributed by atoms with Gasteiger partial charge in [0.05, 0.1) is 16.6 Å². The Kier molecular flexibility index (Phi) is 5.60. The van der Waals surface area contributed by atoms with E-state index in [0.717, 1.165) is 0 Å². The minimum Gasteiger partial charge on any atom is -0.480 e. The minimum absolute atomic E-state index is 0.0340.